The fraction of sp³-hybridized carbons (Fsp3) is 0.406. The van der Waals surface area contributed by atoms with Gasteiger partial charge in [0.05, 0.1) is 85.2 Å². The van der Waals surface area contributed by atoms with Crippen LogP contribution in [0.3, 0.4) is 0 Å². The monoisotopic (exact) mass is 1140 g/mol. The first-order valence-corrected chi connectivity index (χ1v) is 29.3. The predicted octanol–water partition coefficient (Wildman–Crippen LogP) is 9.64. The Morgan fingerprint density at radius 1 is 0.488 bits per heavy atom. The third-order valence-corrected chi connectivity index (χ3v) is 15.2. The van der Waals surface area contributed by atoms with E-state index in [9.17, 15) is 15.2 Å². The van der Waals surface area contributed by atoms with Gasteiger partial charge in [-0.3, -0.25) is 18.4 Å². The van der Waals surface area contributed by atoms with Gasteiger partial charge in [-0.05, 0) is 39.8 Å². The van der Waals surface area contributed by atoms with Crippen molar-refractivity contribution in [2.24, 2.45) is 0 Å². The standard InChI is InChI=1S/C64H75N2O15P/c1-66-58(67)34-20-36-70-44-55-62(75-42-52-30-16-6-17-31-52)64(63(76-43-53-32-18-7-19-33-53)56(80-55)46-72-39-49-24-10-3-11-25-49)81-82(69,77-37-21-35-65)78-47-57-61(74-41-51-28-14-5-15-29-51)59(68)60(73-40-50-26-12-4-13-27-50)54(79-57)45-71-38-48-22-8-2-9-23-48/h2-19,22-33,54-57,59-64,68H,20-21,34,36-47H2,1H3,(H,66,67)/t54-,55+,56-,57+,59?,60?,61?,62?,63?,64?,82?/m1/s1. The molecule has 0 saturated carbocycles. The molecule has 2 N–H and O–H groups in total. The number of aliphatic hydroxyl groups excluding tert-OH is 1. The van der Waals surface area contributed by atoms with Crippen molar-refractivity contribution in [1.82, 2.24) is 5.32 Å². The molecule has 2 aliphatic rings. The van der Waals surface area contributed by atoms with Crippen LogP contribution in [0.5, 0.6) is 0 Å². The molecule has 6 aromatic carbocycles. The quantitative estimate of drug-likeness (QED) is 0.0285. The van der Waals surface area contributed by atoms with E-state index in [2.05, 4.69) is 11.4 Å². The number of nitriles is 1. The molecule has 2 fully saturated rings. The molecule has 0 bridgehead atoms. The van der Waals surface area contributed by atoms with Gasteiger partial charge in [0.25, 0.3) is 0 Å². The van der Waals surface area contributed by atoms with Crippen LogP contribution in [-0.2, 0) is 105 Å². The van der Waals surface area contributed by atoms with Gasteiger partial charge >= 0.3 is 7.82 Å². The van der Waals surface area contributed by atoms with Gasteiger partial charge in [-0.2, -0.15) is 5.26 Å². The zero-order chi connectivity index (χ0) is 57.0. The largest absolute Gasteiger partial charge is 0.475 e. The Balaban J connectivity index is 1.13. The van der Waals surface area contributed by atoms with Crippen LogP contribution >= 0.6 is 7.82 Å². The smallest absolute Gasteiger partial charge is 0.387 e. The summed E-state index contributed by atoms with van der Waals surface area (Å²) in [5.41, 5.74) is 5.23. The third kappa shape index (κ3) is 19.8. The van der Waals surface area contributed by atoms with Crippen molar-refractivity contribution in [2.75, 3.05) is 46.7 Å². The van der Waals surface area contributed by atoms with Crippen molar-refractivity contribution in [3.05, 3.63) is 215 Å². The van der Waals surface area contributed by atoms with E-state index < -0.39 is 75.5 Å². The number of phosphoric ester groups is 1. The minimum Gasteiger partial charge on any atom is -0.387 e. The maximum Gasteiger partial charge on any atom is 0.475 e. The van der Waals surface area contributed by atoms with Crippen LogP contribution in [0.2, 0.25) is 0 Å². The van der Waals surface area contributed by atoms with E-state index in [1.165, 1.54) is 0 Å². The molecular formula is C64H75N2O15P. The lowest BCUT2D eigenvalue weighted by atomic mass is 9.94. The second-order valence-electron chi connectivity index (χ2n) is 19.9. The second-order valence-corrected chi connectivity index (χ2v) is 21.5. The molecule has 2 aliphatic heterocycles. The molecular weight excluding hydrogens is 1070 g/mol. The highest BCUT2D eigenvalue weighted by Gasteiger charge is 2.53. The minimum atomic E-state index is -4.87. The lowest BCUT2D eigenvalue weighted by molar-refractivity contribution is -0.269. The summed E-state index contributed by atoms with van der Waals surface area (Å²) in [5, 5.41) is 25.0. The summed E-state index contributed by atoms with van der Waals surface area (Å²) >= 11 is 0. The number of hydrogen-bond acceptors (Lipinski definition) is 16. The number of phosphoric acid groups is 1. The maximum absolute atomic E-state index is 15.9. The van der Waals surface area contributed by atoms with Crippen LogP contribution in [0.25, 0.3) is 0 Å². The van der Waals surface area contributed by atoms with E-state index >= 15 is 4.57 Å². The van der Waals surface area contributed by atoms with E-state index in [1.807, 2.05) is 182 Å². The number of carbonyl (C=O) groups excluding carboxylic acids is 1. The number of benzene rings is 6. The summed E-state index contributed by atoms with van der Waals surface area (Å²) in [7, 11) is -3.29. The molecule has 6 aromatic rings. The molecule has 0 radical (unpaired) electrons. The molecule has 17 nitrogen and oxygen atoms in total. The highest BCUT2D eigenvalue weighted by atomic mass is 31.2. The number of aliphatic hydroxyl groups is 1. The van der Waals surface area contributed by atoms with Crippen LogP contribution in [0.15, 0.2) is 182 Å². The number of nitrogens with one attached hydrogen (secondary N) is 1. The Labute approximate surface area is 481 Å². The lowest BCUT2D eigenvalue weighted by Crippen LogP contribution is -2.62. The second kappa shape index (κ2) is 33.9. The summed E-state index contributed by atoms with van der Waals surface area (Å²) in [6.07, 6.45) is -10.1. The lowest BCUT2D eigenvalue weighted by Gasteiger charge is -2.47. The minimum absolute atomic E-state index is 0.00786. The summed E-state index contributed by atoms with van der Waals surface area (Å²) in [6, 6.07) is 59.6. The van der Waals surface area contributed by atoms with Crippen molar-refractivity contribution in [3.8, 4) is 6.07 Å². The van der Waals surface area contributed by atoms with Crippen LogP contribution in [0.1, 0.15) is 52.6 Å². The van der Waals surface area contributed by atoms with Gasteiger partial charge in [-0.15, -0.1) is 0 Å². The van der Waals surface area contributed by atoms with Crippen molar-refractivity contribution in [2.45, 2.75) is 120 Å². The molecule has 436 valence electrons. The molecule has 0 spiro atoms. The van der Waals surface area contributed by atoms with Crippen LogP contribution < -0.4 is 5.32 Å². The molecule has 11 atom stereocenters. The van der Waals surface area contributed by atoms with Crippen molar-refractivity contribution < 1.29 is 70.7 Å². The normalized spacial score (nSPS) is 23.3. The zero-order valence-corrected chi connectivity index (χ0v) is 47.2. The molecule has 0 aliphatic carbocycles. The van der Waals surface area contributed by atoms with Gasteiger partial charge in [0.15, 0.2) is 0 Å². The summed E-state index contributed by atoms with van der Waals surface area (Å²) in [5.74, 6) is -0.124. The van der Waals surface area contributed by atoms with E-state index in [0.29, 0.717) is 6.42 Å². The third-order valence-electron chi connectivity index (χ3n) is 13.8. The fourth-order valence-corrected chi connectivity index (χ4v) is 10.9. The van der Waals surface area contributed by atoms with Gasteiger partial charge in [-0.25, -0.2) is 4.57 Å². The Morgan fingerprint density at radius 2 is 0.841 bits per heavy atom. The Hall–Kier alpha value is -6.01. The first-order valence-electron chi connectivity index (χ1n) is 27.8. The van der Waals surface area contributed by atoms with Gasteiger partial charge < -0.3 is 53.1 Å². The SMILES string of the molecule is CNC(=O)CCCOC[C@@H]1O[C@H](COCc2ccccc2)C(OCc2ccccc2)C(OP(=O)(OCCC#N)OC[C@@H]2O[C@H](COCc3ccccc3)C(OCc3ccccc3)C(O)C2OCc2ccccc2)C1OCc1ccccc1. The van der Waals surface area contributed by atoms with Crippen molar-refractivity contribution in [1.29, 1.82) is 5.26 Å². The van der Waals surface area contributed by atoms with Crippen molar-refractivity contribution in [3.63, 3.8) is 0 Å². The number of nitrogens with zero attached hydrogens (tertiary/aromatic N) is 1. The predicted molar refractivity (Wildman–Crippen MR) is 304 cm³/mol. The highest BCUT2D eigenvalue weighted by molar-refractivity contribution is 7.48. The Kier molecular flexibility index (Phi) is 25.7. The highest BCUT2D eigenvalue weighted by Crippen LogP contribution is 2.53. The number of carbonyl (C=O) groups is 1. The van der Waals surface area contributed by atoms with Gasteiger partial charge in [0.1, 0.15) is 61.0 Å². The molecule has 7 unspecified atom stereocenters. The molecule has 1 amide bonds. The number of amides is 1. The topological polar surface area (TPSA) is 201 Å². The number of hydrogen-bond donors (Lipinski definition) is 2. The molecule has 2 heterocycles. The van der Waals surface area contributed by atoms with E-state index in [0.717, 1.165) is 33.4 Å². The van der Waals surface area contributed by atoms with E-state index in [4.69, 9.17) is 56.2 Å². The Morgan fingerprint density at radius 3 is 1.23 bits per heavy atom. The van der Waals surface area contributed by atoms with Crippen LogP contribution in [0, 0.1) is 11.3 Å². The number of rotatable bonds is 34. The summed E-state index contributed by atoms with van der Waals surface area (Å²) in [4.78, 5) is 12.2. The molecule has 18 heteroatoms. The zero-order valence-electron chi connectivity index (χ0n) is 46.3. The van der Waals surface area contributed by atoms with Crippen LogP contribution in [-0.4, -0.2) is 119 Å². The fourth-order valence-electron chi connectivity index (χ4n) is 9.54. The Bertz CT molecular complexity index is 2810. The van der Waals surface area contributed by atoms with Crippen molar-refractivity contribution >= 4 is 13.7 Å². The molecule has 8 rings (SSSR count). The average molecular weight is 1140 g/mol. The van der Waals surface area contributed by atoms with Gasteiger partial charge in [0.2, 0.25) is 5.91 Å². The summed E-state index contributed by atoms with van der Waals surface area (Å²) < 4.78 is 94.8. The van der Waals surface area contributed by atoms with Gasteiger partial charge in [0, 0.05) is 20.1 Å². The van der Waals surface area contributed by atoms with E-state index in [1.54, 1.807) is 7.05 Å². The first kappa shape index (κ1) is 62.0. The molecule has 0 aromatic heterocycles. The first-order chi connectivity index (χ1) is 40.3. The average Bonchev–Trinajstić information content (AvgIpc) is 3.70. The number of ether oxygens (including phenoxy) is 9. The maximum atomic E-state index is 15.9. The summed E-state index contributed by atoms with van der Waals surface area (Å²) in [6.45, 7) is 0.152. The molecule has 2 saturated heterocycles. The van der Waals surface area contributed by atoms with Gasteiger partial charge in [-0.1, -0.05) is 182 Å². The van der Waals surface area contributed by atoms with Crippen LogP contribution in [0.4, 0.5) is 0 Å². The van der Waals surface area contributed by atoms with E-state index in [-0.39, 0.29) is 91.4 Å². The molecule has 82 heavy (non-hydrogen) atoms.